The molecule has 0 bridgehead atoms. The van der Waals surface area contributed by atoms with E-state index in [-0.39, 0.29) is 16.0 Å². The molecule has 0 aromatic heterocycles. The molecule has 0 saturated heterocycles. The summed E-state index contributed by atoms with van der Waals surface area (Å²) in [4.78, 5) is 10.4. The second kappa shape index (κ2) is 4.01. The van der Waals surface area contributed by atoms with Crippen molar-refractivity contribution in [3.63, 3.8) is 0 Å². The zero-order chi connectivity index (χ0) is 11.6. The fourth-order valence-corrected chi connectivity index (χ4v) is 1.88. The van der Waals surface area contributed by atoms with Crippen molar-refractivity contribution in [1.29, 1.82) is 5.26 Å². The van der Waals surface area contributed by atoms with Crippen molar-refractivity contribution in [2.45, 2.75) is 11.8 Å². The predicted octanol–water partition coefficient (Wildman–Crippen LogP) is 1.61. The lowest BCUT2D eigenvalue weighted by atomic mass is 10.0. The molecule has 6 heteroatoms. The van der Waals surface area contributed by atoms with Crippen molar-refractivity contribution in [3.05, 3.63) is 28.8 Å². The van der Waals surface area contributed by atoms with Crippen LogP contribution in [-0.2, 0) is 9.05 Å². The van der Waals surface area contributed by atoms with Gasteiger partial charge in [0, 0.05) is 16.2 Å². The molecular weight excluding hydrogens is 238 g/mol. The van der Waals surface area contributed by atoms with Gasteiger partial charge in [0.2, 0.25) is 0 Å². The number of nitrogens with zero attached hydrogens (tertiary/aromatic N) is 1. The minimum Gasteiger partial charge on any atom is -0.298 e. The summed E-state index contributed by atoms with van der Waals surface area (Å²) < 4.78 is 22.0. The fourth-order valence-electron chi connectivity index (χ4n) is 1.09. The number of hydrogen-bond donors (Lipinski definition) is 0. The first kappa shape index (κ1) is 11.7. The number of carbonyl (C=O) groups is 1. The van der Waals surface area contributed by atoms with Gasteiger partial charge in [0.25, 0.3) is 9.05 Å². The third-order valence-corrected chi connectivity index (χ3v) is 3.28. The van der Waals surface area contributed by atoms with Gasteiger partial charge >= 0.3 is 0 Å². The Kier molecular flexibility index (Phi) is 3.12. The largest absolute Gasteiger partial charge is 0.298 e. The van der Waals surface area contributed by atoms with Crippen LogP contribution in [0.1, 0.15) is 21.5 Å². The van der Waals surface area contributed by atoms with Crippen LogP contribution in [0.3, 0.4) is 0 Å². The third kappa shape index (κ3) is 2.35. The molecule has 78 valence electrons. The Morgan fingerprint density at radius 1 is 1.47 bits per heavy atom. The Bertz CT molecular complexity index is 557. The van der Waals surface area contributed by atoms with Crippen molar-refractivity contribution in [2.24, 2.45) is 0 Å². The van der Waals surface area contributed by atoms with E-state index in [0.29, 0.717) is 11.8 Å². The summed E-state index contributed by atoms with van der Waals surface area (Å²) in [5, 5.41) is 8.72. The summed E-state index contributed by atoms with van der Waals surface area (Å²) in [6, 6.07) is 4.09. The molecule has 15 heavy (non-hydrogen) atoms. The molecular formula is C9H6ClNO3S. The molecule has 0 aliphatic rings. The van der Waals surface area contributed by atoms with Crippen LogP contribution in [0.5, 0.6) is 0 Å². The van der Waals surface area contributed by atoms with Gasteiger partial charge in [-0.25, -0.2) is 8.42 Å². The molecule has 1 aromatic rings. The average Bonchev–Trinajstić information content (AvgIpc) is 2.16. The first-order valence-electron chi connectivity index (χ1n) is 3.84. The molecule has 1 aromatic carbocycles. The van der Waals surface area contributed by atoms with Gasteiger partial charge in [0.15, 0.2) is 0 Å². The van der Waals surface area contributed by atoms with Gasteiger partial charge in [0.1, 0.15) is 6.29 Å². The number of hydrogen-bond acceptors (Lipinski definition) is 4. The maximum Gasteiger partial charge on any atom is 0.261 e. The number of aldehydes is 1. The summed E-state index contributed by atoms with van der Waals surface area (Å²) in [5.41, 5.74) is 0.712. The van der Waals surface area contributed by atoms with Crippen LogP contribution in [0.15, 0.2) is 17.0 Å². The van der Waals surface area contributed by atoms with Crippen molar-refractivity contribution < 1.29 is 13.2 Å². The van der Waals surface area contributed by atoms with Crippen LogP contribution >= 0.6 is 10.7 Å². The summed E-state index contributed by atoms with van der Waals surface area (Å²) in [6.45, 7) is 1.56. The van der Waals surface area contributed by atoms with Gasteiger partial charge in [-0.2, -0.15) is 5.26 Å². The zero-order valence-electron chi connectivity index (χ0n) is 7.69. The summed E-state index contributed by atoms with van der Waals surface area (Å²) in [7, 11) is 1.19. The Hall–Kier alpha value is -1.38. The normalized spacial score (nSPS) is 10.7. The van der Waals surface area contributed by atoms with Crippen LogP contribution in [0.25, 0.3) is 0 Å². The van der Waals surface area contributed by atoms with E-state index < -0.39 is 9.05 Å². The van der Waals surface area contributed by atoms with Gasteiger partial charge in [0.05, 0.1) is 16.5 Å². The third-order valence-electron chi connectivity index (χ3n) is 1.95. The summed E-state index contributed by atoms with van der Waals surface area (Å²) in [5.74, 6) is 0. The van der Waals surface area contributed by atoms with E-state index in [1.165, 1.54) is 0 Å². The van der Waals surface area contributed by atoms with Crippen molar-refractivity contribution in [3.8, 4) is 6.07 Å². The molecule has 0 radical (unpaired) electrons. The number of halogens is 1. The minimum atomic E-state index is -3.92. The van der Waals surface area contributed by atoms with Gasteiger partial charge in [-0.1, -0.05) is 0 Å². The zero-order valence-corrected chi connectivity index (χ0v) is 9.26. The highest BCUT2D eigenvalue weighted by atomic mass is 35.7. The molecule has 0 aliphatic heterocycles. The summed E-state index contributed by atoms with van der Waals surface area (Å²) >= 11 is 0. The molecule has 0 fully saturated rings. The molecule has 0 saturated carbocycles. The number of nitriles is 1. The van der Waals surface area contributed by atoms with Crippen LogP contribution in [-0.4, -0.2) is 14.7 Å². The second-order valence-electron chi connectivity index (χ2n) is 2.85. The number of rotatable bonds is 2. The molecule has 0 spiro atoms. The van der Waals surface area contributed by atoms with Crippen molar-refractivity contribution in [2.75, 3.05) is 0 Å². The molecule has 0 aliphatic carbocycles. The van der Waals surface area contributed by atoms with E-state index in [9.17, 15) is 13.2 Å². The lowest BCUT2D eigenvalue weighted by Gasteiger charge is -2.03. The molecule has 0 atom stereocenters. The highest BCUT2D eigenvalue weighted by Gasteiger charge is 2.15. The molecule has 0 amide bonds. The Balaban J connectivity index is 3.63. The SMILES string of the molecule is Cc1c(C#N)cc(S(=O)(=O)Cl)cc1C=O. The van der Waals surface area contributed by atoms with Gasteiger partial charge in [-0.3, -0.25) is 4.79 Å². The highest BCUT2D eigenvalue weighted by Crippen LogP contribution is 2.21. The first-order valence-corrected chi connectivity index (χ1v) is 6.15. The van der Waals surface area contributed by atoms with E-state index in [4.69, 9.17) is 15.9 Å². The minimum absolute atomic E-state index is 0.124. The molecule has 4 nitrogen and oxygen atoms in total. The quantitative estimate of drug-likeness (QED) is 0.584. The van der Waals surface area contributed by atoms with E-state index >= 15 is 0 Å². The topological polar surface area (TPSA) is 75.0 Å². The van der Waals surface area contributed by atoms with Gasteiger partial charge in [-0.05, 0) is 24.6 Å². The van der Waals surface area contributed by atoms with Crippen molar-refractivity contribution >= 4 is 26.0 Å². The standard InChI is InChI=1S/C9H6ClNO3S/c1-6-7(4-11)2-9(15(10,13)14)3-8(6)5-12/h2-3,5H,1H3. The highest BCUT2D eigenvalue weighted by molar-refractivity contribution is 8.13. The predicted molar refractivity (Wildman–Crippen MR) is 54.3 cm³/mol. The summed E-state index contributed by atoms with van der Waals surface area (Å²) in [6.07, 6.45) is 0.488. The maximum absolute atomic E-state index is 11.0. The van der Waals surface area contributed by atoms with E-state index in [1.54, 1.807) is 13.0 Å². The van der Waals surface area contributed by atoms with Gasteiger partial charge < -0.3 is 0 Å². The van der Waals surface area contributed by atoms with Gasteiger partial charge in [-0.15, -0.1) is 0 Å². The number of benzene rings is 1. The fraction of sp³-hybridized carbons (Fsp3) is 0.111. The molecule has 0 unspecified atom stereocenters. The smallest absolute Gasteiger partial charge is 0.261 e. The van der Waals surface area contributed by atoms with Crippen LogP contribution < -0.4 is 0 Å². The average molecular weight is 244 g/mol. The lowest BCUT2D eigenvalue weighted by Crippen LogP contribution is -1.98. The van der Waals surface area contributed by atoms with E-state index in [2.05, 4.69) is 0 Å². The first-order chi connectivity index (χ1) is 6.90. The second-order valence-corrected chi connectivity index (χ2v) is 5.42. The van der Waals surface area contributed by atoms with Crippen LogP contribution in [0, 0.1) is 18.3 Å². The van der Waals surface area contributed by atoms with E-state index in [1.807, 2.05) is 0 Å². The van der Waals surface area contributed by atoms with E-state index in [0.717, 1.165) is 12.1 Å². The van der Waals surface area contributed by atoms with Crippen LogP contribution in [0.4, 0.5) is 0 Å². The van der Waals surface area contributed by atoms with Crippen LogP contribution in [0.2, 0.25) is 0 Å². The Morgan fingerprint density at radius 2 is 2.07 bits per heavy atom. The van der Waals surface area contributed by atoms with Crippen molar-refractivity contribution in [1.82, 2.24) is 0 Å². The maximum atomic E-state index is 11.0. The molecule has 0 heterocycles. The Labute approximate surface area is 91.5 Å². The molecule has 0 N–H and O–H groups in total. The lowest BCUT2D eigenvalue weighted by molar-refractivity contribution is 0.112. The monoisotopic (exact) mass is 243 g/mol. The Morgan fingerprint density at radius 3 is 2.47 bits per heavy atom. The number of carbonyl (C=O) groups excluding carboxylic acids is 1. The molecule has 1 rings (SSSR count).